The second kappa shape index (κ2) is 3.75. The maximum absolute atomic E-state index is 11.8. The molecule has 5 heteroatoms. The SMILES string of the molecule is CNC(C)(C)C1Oc2cccnc2NC1=O. The number of carbonyl (C=O) groups excluding carboxylic acids is 1. The fourth-order valence-electron chi connectivity index (χ4n) is 1.55. The molecule has 1 aliphatic heterocycles. The predicted octanol–water partition coefficient (Wildman–Crippen LogP) is 0.779. The molecule has 0 aromatic carbocycles. The van der Waals surface area contributed by atoms with Gasteiger partial charge >= 0.3 is 0 Å². The maximum atomic E-state index is 11.8. The number of aromatic nitrogens is 1. The molecule has 1 aromatic heterocycles. The highest BCUT2D eigenvalue weighted by Crippen LogP contribution is 2.29. The fourth-order valence-corrected chi connectivity index (χ4v) is 1.55. The van der Waals surface area contributed by atoms with Crippen molar-refractivity contribution >= 4 is 11.7 Å². The van der Waals surface area contributed by atoms with Crippen LogP contribution in [0.3, 0.4) is 0 Å². The van der Waals surface area contributed by atoms with Crippen LogP contribution in [0, 0.1) is 0 Å². The zero-order valence-electron chi connectivity index (χ0n) is 9.57. The van der Waals surface area contributed by atoms with E-state index >= 15 is 0 Å². The number of pyridine rings is 1. The highest BCUT2D eigenvalue weighted by atomic mass is 16.5. The molecule has 0 bridgehead atoms. The van der Waals surface area contributed by atoms with Gasteiger partial charge in [-0.1, -0.05) is 0 Å². The lowest BCUT2D eigenvalue weighted by Crippen LogP contribution is -2.57. The zero-order valence-corrected chi connectivity index (χ0v) is 9.57. The van der Waals surface area contributed by atoms with Crippen LogP contribution in [-0.2, 0) is 4.79 Å². The quantitative estimate of drug-likeness (QED) is 0.774. The molecule has 1 atom stereocenters. The molecule has 2 N–H and O–H groups in total. The van der Waals surface area contributed by atoms with Gasteiger partial charge < -0.3 is 15.4 Å². The van der Waals surface area contributed by atoms with E-state index in [0.29, 0.717) is 11.6 Å². The molecular weight excluding hydrogens is 206 g/mol. The minimum atomic E-state index is -0.561. The van der Waals surface area contributed by atoms with Crippen molar-refractivity contribution in [2.75, 3.05) is 12.4 Å². The van der Waals surface area contributed by atoms with Gasteiger partial charge in [-0.05, 0) is 33.0 Å². The van der Waals surface area contributed by atoms with E-state index in [1.807, 2.05) is 13.8 Å². The molecule has 0 spiro atoms. The maximum Gasteiger partial charge on any atom is 0.268 e. The number of likely N-dealkylation sites (N-methyl/N-ethyl adjacent to an activating group) is 1. The standard InChI is InChI=1S/C11H15N3O2/c1-11(2,12-3)8-10(15)14-9-7(16-8)5-4-6-13-9/h4-6,8,12H,1-3H3,(H,13,14,15). The molecule has 2 heterocycles. The van der Waals surface area contributed by atoms with E-state index in [4.69, 9.17) is 4.74 Å². The third-order valence-electron chi connectivity index (χ3n) is 2.80. The Bertz CT molecular complexity index is 417. The average Bonchev–Trinajstić information content (AvgIpc) is 2.28. The van der Waals surface area contributed by atoms with Crippen LogP contribution in [0.5, 0.6) is 5.75 Å². The molecule has 0 saturated heterocycles. The van der Waals surface area contributed by atoms with Crippen molar-refractivity contribution in [2.45, 2.75) is 25.5 Å². The summed E-state index contributed by atoms with van der Waals surface area (Å²) in [7, 11) is 1.80. The van der Waals surface area contributed by atoms with E-state index < -0.39 is 11.6 Å². The molecule has 5 nitrogen and oxygen atoms in total. The first-order chi connectivity index (χ1) is 7.54. The van der Waals surface area contributed by atoms with Gasteiger partial charge in [-0.3, -0.25) is 4.79 Å². The summed E-state index contributed by atoms with van der Waals surface area (Å²) in [6.45, 7) is 3.83. The van der Waals surface area contributed by atoms with E-state index in [2.05, 4.69) is 15.6 Å². The Morgan fingerprint density at radius 1 is 1.56 bits per heavy atom. The molecule has 16 heavy (non-hydrogen) atoms. The van der Waals surface area contributed by atoms with Crippen molar-refractivity contribution in [3.63, 3.8) is 0 Å². The van der Waals surface area contributed by atoms with Crippen LogP contribution in [-0.4, -0.2) is 29.6 Å². The van der Waals surface area contributed by atoms with Crippen LogP contribution in [0.2, 0.25) is 0 Å². The van der Waals surface area contributed by atoms with Crippen LogP contribution in [0.4, 0.5) is 5.82 Å². The lowest BCUT2D eigenvalue weighted by atomic mass is 9.96. The summed E-state index contributed by atoms with van der Waals surface area (Å²) in [5, 5.41) is 5.80. The summed E-state index contributed by atoms with van der Waals surface area (Å²) >= 11 is 0. The molecule has 1 unspecified atom stereocenters. The van der Waals surface area contributed by atoms with Gasteiger partial charge in [0.15, 0.2) is 17.7 Å². The van der Waals surface area contributed by atoms with Crippen molar-refractivity contribution in [2.24, 2.45) is 0 Å². The summed E-state index contributed by atoms with van der Waals surface area (Å²) in [6.07, 6.45) is 1.06. The van der Waals surface area contributed by atoms with Crippen molar-refractivity contribution in [3.8, 4) is 5.75 Å². The number of nitrogens with one attached hydrogen (secondary N) is 2. The molecule has 1 aromatic rings. The van der Waals surface area contributed by atoms with Crippen molar-refractivity contribution in [1.29, 1.82) is 0 Å². The highest BCUT2D eigenvalue weighted by molar-refractivity contribution is 5.97. The third kappa shape index (κ3) is 1.74. The average molecular weight is 221 g/mol. The van der Waals surface area contributed by atoms with Gasteiger partial charge in [-0.2, -0.15) is 0 Å². The molecule has 1 aliphatic rings. The second-order valence-electron chi connectivity index (χ2n) is 4.31. The normalized spacial score (nSPS) is 19.7. The zero-order chi connectivity index (χ0) is 11.8. The van der Waals surface area contributed by atoms with Crippen LogP contribution in [0.25, 0.3) is 0 Å². The number of ether oxygens (including phenoxy) is 1. The molecule has 1 amide bonds. The smallest absolute Gasteiger partial charge is 0.268 e. The topological polar surface area (TPSA) is 63.2 Å². The van der Waals surface area contributed by atoms with E-state index in [-0.39, 0.29) is 5.91 Å². The minimum absolute atomic E-state index is 0.175. The van der Waals surface area contributed by atoms with Crippen molar-refractivity contribution in [1.82, 2.24) is 10.3 Å². The molecular formula is C11H15N3O2. The molecule has 86 valence electrons. The molecule has 0 saturated carbocycles. The highest BCUT2D eigenvalue weighted by Gasteiger charge is 2.39. The minimum Gasteiger partial charge on any atom is -0.475 e. The van der Waals surface area contributed by atoms with Crippen LogP contribution < -0.4 is 15.4 Å². The van der Waals surface area contributed by atoms with Crippen LogP contribution >= 0.6 is 0 Å². The number of rotatable bonds is 2. The third-order valence-corrected chi connectivity index (χ3v) is 2.80. The number of anilines is 1. The number of fused-ring (bicyclic) bond motifs is 1. The Hall–Kier alpha value is -1.62. The van der Waals surface area contributed by atoms with Gasteiger partial charge in [0.2, 0.25) is 0 Å². The van der Waals surface area contributed by atoms with Crippen LogP contribution in [0.15, 0.2) is 18.3 Å². The molecule has 0 fully saturated rings. The summed E-state index contributed by atoms with van der Waals surface area (Å²) in [5.41, 5.74) is -0.433. The van der Waals surface area contributed by atoms with Crippen LogP contribution in [0.1, 0.15) is 13.8 Å². The van der Waals surface area contributed by atoms with E-state index in [1.165, 1.54) is 0 Å². The Balaban J connectivity index is 2.31. The number of nitrogens with zero attached hydrogens (tertiary/aromatic N) is 1. The Kier molecular flexibility index (Phi) is 2.55. The van der Waals surface area contributed by atoms with Gasteiger partial charge in [0.25, 0.3) is 5.91 Å². The van der Waals surface area contributed by atoms with Gasteiger partial charge in [-0.25, -0.2) is 4.98 Å². The summed E-state index contributed by atoms with van der Waals surface area (Å²) in [5.74, 6) is 0.914. The van der Waals surface area contributed by atoms with Gasteiger partial charge in [0.05, 0.1) is 5.54 Å². The van der Waals surface area contributed by atoms with Gasteiger partial charge in [-0.15, -0.1) is 0 Å². The monoisotopic (exact) mass is 221 g/mol. The lowest BCUT2D eigenvalue weighted by Gasteiger charge is -2.35. The van der Waals surface area contributed by atoms with E-state index in [1.54, 1.807) is 25.4 Å². The number of carbonyl (C=O) groups is 1. The van der Waals surface area contributed by atoms with Crippen molar-refractivity contribution in [3.05, 3.63) is 18.3 Å². The largest absolute Gasteiger partial charge is 0.475 e. The Labute approximate surface area is 94.2 Å². The fraction of sp³-hybridized carbons (Fsp3) is 0.455. The molecule has 0 aliphatic carbocycles. The molecule has 0 radical (unpaired) electrons. The van der Waals surface area contributed by atoms with Crippen molar-refractivity contribution < 1.29 is 9.53 Å². The van der Waals surface area contributed by atoms with Gasteiger partial charge in [0, 0.05) is 6.20 Å². The second-order valence-corrected chi connectivity index (χ2v) is 4.31. The number of hydrogen-bond acceptors (Lipinski definition) is 4. The number of hydrogen-bond donors (Lipinski definition) is 2. The summed E-state index contributed by atoms with van der Waals surface area (Å²) in [4.78, 5) is 15.9. The Morgan fingerprint density at radius 3 is 3.00 bits per heavy atom. The lowest BCUT2D eigenvalue weighted by molar-refractivity contribution is -0.126. The first kappa shape index (κ1) is 10.9. The van der Waals surface area contributed by atoms with Gasteiger partial charge in [0.1, 0.15) is 0 Å². The first-order valence-corrected chi connectivity index (χ1v) is 5.16. The molecule has 2 rings (SSSR count). The summed E-state index contributed by atoms with van der Waals surface area (Å²) in [6, 6.07) is 3.57. The first-order valence-electron chi connectivity index (χ1n) is 5.16. The summed E-state index contributed by atoms with van der Waals surface area (Å²) < 4.78 is 5.66. The predicted molar refractivity (Wildman–Crippen MR) is 60.4 cm³/mol. The Morgan fingerprint density at radius 2 is 2.31 bits per heavy atom. The van der Waals surface area contributed by atoms with E-state index in [0.717, 1.165) is 0 Å². The number of amides is 1. The van der Waals surface area contributed by atoms with E-state index in [9.17, 15) is 4.79 Å².